The summed E-state index contributed by atoms with van der Waals surface area (Å²) in [5.74, 6) is 1.24. The van der Waals surface area contributed by atoms with E-state index < -0.39 is 0 Å². The van der Waals surface area contributed by atoms with Crippen LogP contribution in [0.4, 0.5) is 0 Å². The van der Waals surface area contributed by atoms with Crippen molar-refractivity contribution in [3.05, 3.63) is 60.2 Å². The van der Waals surface area contributed by atoms with Crippen molar-refractivity contribution in [3.8, 4) is 22.6 Å². The third-order valence-electron chi connectivity index (χ3n) is 7.81. The lowest BCUT2D eigenvalue weighted by atomic mass is 9.97. The second-order valence-corrected chi connectivity index (χ2v) is 11.1. The predicted molar refractivity (Wildman–Crippen MR) is 165 cm³/mol. The van der Waals surface area contributed by atoms with E-state index in [2.05, 4.69) is 50.2 Å². The van der Waals surface area contributed by atoms with Crippen molar-refractivity contribution >= 4 is 10.8 Å². The Hall–Kier alpha value is -2.48. The van der Waals surface area contributed by atoms with Crippen molar-refractivity contribution in [2.75, 3.05) is 6.61 Å². The third-order valence-corrected chi connectivity index (χ3v) is 7.81. The highest BCUT2D eigenvalue weighted by molar-refractivity contribution is 5.95. The van der Waals surface area contributed by atoms with E-state index in [0.717, 1.165) is 47.1 Å². The van der Waals surface area contributed by atoms with E-state index in [9.17, 15) is 5.11 Å². The van der Waals surface area contributed by atoms with Crippen molar-refractivity contribution in [3.63, 3.8) is 0 Å². The molecule has 0 aliphatic rings. The minimum absolute atomic E-state index is 0.354. The lowest BCUT2D eigenvalue weighted by Gasteiger charge is -2.11. The number of fused-ring (bicyclic) bond motifs is 1. The van der Waals surface area contributed by atoms with Gasteiger partial charge in [-0.05, 0) is 54.0 Å². The molecule has 0 saturated heterocycles. The highest BCUT2D eigenvalue weighted by atomic mass is 16.5. The molecule has 2 heteroatoms. The van der Waals surface area contributed by atoms with E-state index in [1.54, 1.807) is 0 Å². The highest BCUT2D eigenvalue weighted by Gasteiger charge is 2.10. The monoisotopic (exact) mass is 516 g/mol. The number of ether oxygens (including phenoxy) is 1. The number of aromatic hydroxyl groups is 1. The number of phenols is 1. The normalized spacial score (nSPS) is 11.3. The van der Waals surface area contributed by atoms with E-state index in [-0.39, 0.29) is 0 Å². The third kappa shape index (κ3) is 10.4. The Bertz CT molecular complexity index is 1040. The summed E-state index contributed by atoms with van der Waals surface area (Å²) in [5, 5.41) is 12.9. The minimum atomic E-state index is 0.354. The Labute approximate surface area is 232 Å². The molecule has 0 bridgehead atoms. The van der Waals surface area contributed by atoms with E-state index in [0.29, 0.717) is 5.75 Å². The zero-order chi connectivity index (χ0) is 26.8. The Morgan fingerprint density at radius 1 is 0.579 bits per heavy atom. The van der Waals surface area contributed by atoms with Gasteiger partial charge in [0.15, 0.2) is 0 Å². The fourth-order valence-electron chi connectivity index (χ4n) is 5.35. The molecule has 0 heterocycles. The van der Waals surface area contributed by atoms with Gasteiger partial charge in [-0.25, -0.2) is 0 Å². The summed E-state index contributed by atoms with van der Waals surface area (Å²) in [6, 6.07) is 18.9. The van der Waals surface area contributed by atoms with Gasteiger partial charge in [0.05, 0.1) is 6.61 Å². The van der Waals surface area contributed by atoms with Crippen molar-refractivity contribution in [2.24, 2.45) is 0 Å². The van der Waals surface area contributed by atoms with Crippen LogP contribution in [-0.2, 0) is 6.42 Å². The maximum absolute atomic E-state index is 11.0. The fourth-order valence-corrected chi connectivity index (χ4v) is 5.35. The number of phenolic OH excluding ortho intramolecular Hbond substituents is 1. The molecule has 3 aromatic rings. The summed E-state index contributed by atoms with van der Waals surface area (Å²) in [4.78, 5) is 0. The van der Waals surface area contributed by atoms with Crippen molar-refractivity contribution in [1.82, 2.24) is 0 Å². The van der Waals surface area contributed by atoms with E-state index in [1.165, 1.54) is 102 Å². The van der Waals surface area contributed by atoms with Crippen molar-refractivity contribution in [1.29, 1.82) is 0 Å². The first kappa shape index (κ1) is 30.1. The van der Waals surface area contributed by atoms with E-state index in [1.807, 2.05) is 18.2 Å². The average Bonchev–Trinajstić information content (AvgIpc) is 2.94. The largest absolute Gasteiger partial charge is 0.507 e. The van der Waals surface area contributed by atoms with E-state index >= 15 is 0 Å². The molecule has 0 saturated carbocycles. The zero-order valence-electron chi connectivity index (χ0n) is 24.3. The van der Waals surface area contributed by atoms with Crippen LogP contribution in [0.3, 0.4) is 0 Å². The summed E-state index contributed by atoms with van der Waals surface area (Å²) < 4.78 is 6.03. The first-order valence-corrected chi connectivity index (χ1v) is 15.7. The summed E-state index contributed by atoms with van der Waals surface area (Å²) in [5.41, 5.74) is 3.34. The Kier molecular flexibility index (Phi) is 14.2. The molecule has 0 aliphatic carbocycles. The molecule has 208 valence electrons. The SMILES string of the molecule is CCCCCCCCCCCCOc1ccc2c(O)c(-c3ccc(CCCCCCCC)cc3)ccc2c1. The Morgan fingerprint density at radius 2 is 1.16 bits per heavy atom. The van der Waals surface area contributed by atoms with Crippen LogP contribution in [-0.4, -0.2) is 11.7 Å². The Morgan fingerprint density at radius 3 is 1.79 bits per heavy atom. The van der Waals surface area contributed by atoms with Crippen LogP contribution >= 0.6 is 0 Å². The van der Waals surface area contributed by atoms with Crippen molar-refractivity contribution in [2.45, 2.75) is 123 Å². The van der Waals surface area contributed by atoms with Crippen LogP contribution in [0.15, 0.2) is 54.6 Å². The second-order valence-electron chi connectivity index (χ2n) is 11.1. The molecule has 3 aromatic carbocycles. The number of rotatable bonds is 20. The van der Waals surface area contributed by atoms with Gasteiger partial charge in [-0.3, -0.25) is 0 Å². The van der Waals surface area contributed by atoms with Crippen LogP contribution in [0.25, 0.3) is 21.9 Å². The van der Waals surface area contributed by atoms with Crippen molar-refractivity contribution < 1.29 is 9.84 Å². The molecule has 0 aromatic heterocycles. The van der Waals surface area contributed by atoms with Gasteiger partial charge in [0.25, 0.3) is 0 Å². The number of unbranched alkanes of at least 4 members (excludes halogenated alkanes) is 14. The summed E-state index contributed by atoms with van der Waals surface area (Å²) >= 11 is 0. The van der Waals surface area contributed by atoms with Gasteiger partial charge >= 0.3 is 0 Å². The number of hydrogen-bond donors (Lipinski definition) is 1. The van der Waals surface area contributed by atoms with Gasteiger partial charge in [-0.1, -0.05) is 140 Å². The minimum Gasteiger partial charge on any atom is -0.507 e. The average molecular weight is 517 g/mol. The van der Waals surface area contributed by atoms with Crippen LogP contribution in [0.2, 0.25) is 0 Å². The Balaban J connectivity index is 1.42. The predicted octanol–water partition coefficient (Wildman–Crippen LogP) is 11.4. The van der Waals surface area contributed by atoms with Crippen LogP contribution < -0.4 is 4.74 Å². The molecule has 38 heavy (non-hydrogen) atoms. The molecule has 0 unspecified atom stereocenters. The lowest BCUT2D eigenvalue weighted by Crippen LogP contribution is -1.97. The standard InChI is InChI=1S/C36H52O2/c1-3-5-7-9-11-12-13-14-16-18-28-38-33-25-27-35-32(29-33)24-26-34(36(35)37)31-22-20-30(21-23-31)19-17-15-10-8-6-4-2/h20-27,29,37H,3-19,28H2,1-2H3. The number of aryl methyl sites for hydroxylation is 1. The highest BCUT2D eigenvalue weighted by Crippen LogP contribution is 2.37. The molecule has 1 N–H and O–H groups in total. The first-order chi connectivity index (χ1) is 18.7. The second kappa shape index (κ2) is 17.9. The van der Waals surface area contributed by atoms with Crippen LogP contribution in [0.1, 0.15) is 122 Å². The molecule has 0 fully saturated rings. The maximum atomic E-state index is 11.0. The lowest BCUT2D eigenvalue weighted by molar-refractivity contribution is 0.304. The summed E-state index contributed by atoms with van der Waals surface area (Å²) in [7, 11) is 0. The first-order valence-electron chi connectivity index (χ1n) is 15.7. The molecule has 0 spiro atoms. The quantitative estimate of drug-likeness (QED) is 0.151. The molecular formula is C36H52O2. The molecule has 0 radical (unpaired) electrons. The summed E-state index contributed by atoms with van der Waals surface area (Å²) in [6.45, 7) is 5.30. The zero-order valence-corrected chi connectivity index (χ0v) is 24.3. The molecule has 3 rings (SSSR count). The van der Waals surface area contributed by atoms with Gasteiger partial charge in [-0.2, -0.15) is 0 Å². The van der Waals surface area contributed by atoms with Gasteiger partial charge in [0.1, 0.15) is 11.5 Å². The maximum Gasteiger partial charge on any atom is 0.131 e. The summed E-state index contributed by atoms with van der Waals surface area (Å²) in [6.07, 6.45) is 22.4. The fraction of sp³-hybridized carbons (Fsp3) is 0.556. The molecule has 0 atom stereocenters. The van der Waals surface area contributed by atoms with Gasteiger partial charge in [-0.15, -0.1) is 0 Å². The topological polar surface area (TPSA) is 29.5 Å². The van der Waals surface area contributed by atoms with Crippen LogP contribution in [0.5, 0.6) is 11.5 Å². The molecule has 0 amide bonds. The van der Waals surface area contributed by atoms with Gasteiger partial charge in [0.2, 0.25) is 0 Å². The smallest absolute Gasteiger partial charge is 0.131 e. The molecule has 2 nitrogen and oxygen atoms in total. The van der Waals surface area contributed by atoms with Crippen LogP contribution in [0, 0.1) is 0 Å². The van der Waals surface area contributed by atoms with Gasteiger partial charge in [0, 0.05) is 10.9 Å². The van der Waals surface area contributed by atoms with E-state index in [4.69, 9.17) is 4.74 Å². The number of benzene rings is 3. The van der Waals surface area contributed by atoms with Gasteiger partial charge < -0.3 is 9.84 Å². The molecular weight excluding hydrogens is 464 g/mol. The number of hydrogen-bond acceptors (Lipinski definition) is 2. The molecule has 0 aliphatic heterocycles.